The number of hydrogen-bond acceptors (Lipinski definition) is 11. The minimum atomic E-state index is -0.340. The number of carbonyl (C=O) groups excluding carboxylic acids is 6. The molecule has 8 heterocycles. The lowest BCUT2D eigenvalue weighted by Gasteiger charge is -2.36. The van der Waals surface area contributed by atoms with Crippen molar-refractivity contribution in [2.24, 2.45) is 11.8 Å². The van der Waals surface area contributed by atoms with Crippen molar-refractivity contribution in [3.8, 4) is 41.8 Å². The summed E-state index contributed by atoms with van der Waals surface area (Å²) in [4.78, 5) is 122. The van der Waals surface area contributed by atoms with E-state index in [1.165, 1.54) is 22.6 Å². The molecule has 0 saturated heterocycles. The number of unbranched alkanes of at least 4 members (excludes halogenated alkanes) is 2. The highest BCUT2D eigenvalue weighted by Crippen LogP contribution is 2.59. The van der Waals surface area contributed by atoms with Crippen LogP contribution in [0.3, 0.4) is 0 Å². The molecule has 6 amide bonds. The Morgan fingerprint density at radius 1 is 0.270 bits per heavy atom. The number of amides is 6. The highest BCUT2D eigenvalue weighted by Gasteiger charge is 2.44. The lowest BCUT2D eigenvalue weighted by atomic mass is 9.80. The Labute approximate surface area is 754 Å². The van der Waals surface area contributed by atoms with Gasteiger partial charge in [0, 0.05) is 156 Å². The summed E-state index contributed by atoms with van der Waals surface area (Å²) in [6, 6.07) is 42.3. The third kappa shape index (κ3) is 13.4. The fourth-order valence-corrected chi connectivity index (χ4v) is 28.2. The minimum absolute atomic E-state index is 0.0600. The fourth-order valence-electron chi connectivity index (χ4n) is 23.2. The molecule has 19 rings (SSSR count). The summed E-state index contributed by atoms with van der Waals surface area (Å²) >= 11 is 7.23. The SMILES string of the molecule is C=c1c2ccc3c4ccc5c6c(ccc(c7cc(-c8cc9c(-c%10ccc(CC(CC)CCCC)s%10)c%10sc(-c%11cc%12c%13ccc%14c%15c(ccc(c%16ccc%17c(c%11C(=O)N(C(CCC)CCC)C%17=O)c%16%12)c%15%13)C(=O)N(C(CCC)CCC)C%14=O)cc%10c(-c%10ccc(CC(CC)CCCC)s%10)c9s8)c(c(=O)n1C(CCC)CCC)c2c37)c64)C(=O)N(C(CCC)CCC)C5=O. The maximum absolute atomic E-state index is 17.0. The van der Waals surface area contributed by atoms with Gasteiger partial charge in [-0.2, -0.15) is 0 Å². The Kier molecular flexibility index (Phi) is 23.4. The molecule has 0 saturated carbocycles. The number of carbonyl (C=O) groups is 6. The van der Waals surface area contributed by atoms with E-state index in [-0.39, 0.29) is 65.2 Å². The number of rotatable bonds is 36. The maximum atomic E-state index is 17.0. The van der Waals surface area contributed by atoms with E-state index in [9.17, 15) is 0 Å². The van der Waals surface area contributed by atoms with Crippen LogP contribution in [0, 0.1) is 11.8 Å². The molecule has 0 radical (unpaired) electrons. The quantitative estimate of drug-likeness (QED) is 0.0217. The average molecular weight is 1750 g/mol. The van der Waals surface area contributed by atoms with Crippen LogP contribution in [-0.4, -0.2) is 72.8 Å². The van der Waals surface area contributed by atoms with Crippen LogP contribution in [0.2, 0.25) is 0 Å². The van der Waals surface area contributed by atoms with Gasteiger partial charge >= 0.3 is 0 Å². The molecular weight excluding hydrogens is 1630 g/mol. The number of thiophene rings is 4. The normalized spacial score (nSPS) is 14.6. The molecule has 2 unspecified atom stereocenters. The van der Waals surface area contributed by atoms with E-state index >= 15 is 33.6 Å². The first-order chi connectivity index (χ1) is 61.4. The van der Waals surface area contributed by atoms with Gasteiger partial charge < -0.3 is 4.57 Å². The van der Waals surface area contributed by atoms with E-state index in [2.05, 4.69) is 168 Å². The van der Waals surface area contributed by atoms with Crippen molar-refractivity contribution in [1.29, 1.82) is 0 Å². The zero-order chi connectivity index (χ0) is 87.7. The van der Waals surface area contributed by atoms with E-state index in [4.69, 9.17) is 6.58 Å². The molecule has 11 aromatic carbocycles. The van der Waals surface area contributed by atoms with Crippen LogP contribution in [0.1, 0.15) is 315 Å². The summed E-state index contributed by atoms with van der Waals surface area (Å²) in [5.74, 6) is -0.605. The van der Waals surface area contributed by atoms with Gasteiger partial charge in [0.05, 0.1) is 10.9 Å². The molecule has 5 aromatic heterocycles. The van der Waals surface area contributed by atoms with Gasteiger partial charge in [-0.05, 0) is 220 Å². The van der Waals surface area contributed by atoms with Gasteiger partial charge in [-0.1, -0.05) is 235 Å². The third-order valence-corrected chi connectivity index (χ3v) is 33.7. The Balaban J connectivity index is 0.935. The Morgan fingerprint density at radius 3 is 0.992 bits per heavy atom. The molecule has 3 aliphatic rings. The standard InChI is InChI=1S/C111H116N4O7S4/c1-14-26-36-61(24-11)54-67-38-52-87(123-67)97-85-58-89(83-56-81-74-45-49-78-95-76(105(116)113(107(78)118)64(30-18-5)31-19-6)47-42-70(91(74)95)72-41-40-69-60(13)112(63(28-16-3)29-17-4)110(121)101(83)99(69)93(72)81)125-103(85)98(88-53-39-68(124-88)55-62(25-12)37-27-15-2)86-59-90(126-104(86)97)84-57-82-75-46-50-79-96-77(106(117)114(108(79)119)65(32-20-7)33-21-8)48-43-71(92(75)96)73-44-51-80-100(94(73)82)102(84)111(122)115(109(80)120)66(34-22-9)35-23-10/h38-53,56-59,61-66H,13-37,54-55H2,1-12H3. The molecule has 126 heavy (non-hydrogen) atoms. The molecule has 646 valence electrons. The average Bonchev–Trinajstić information content (AvgIpc) is 0.853. The Bertz CT molecular complexity index is 7070. The number of aromatic nitrogens is 1. The Hall–Kier alpha value is -10.0. The molecule has 0 bridgehead atoms. The fraction of sp³-hybridized carbons (Fsp3) is 0.396. The molecule has 16 aromatic rings. The molecule has 2 atom stereocenters. The van der Waals surface area contributed by atoms with Crippen molar-refractivity contribution in [2.75, 3.05) is 0 Å². The van der Waals surface area contributed by atoms with Crippen LogP contribution < -0.4 is 10.9 Å². The van der Waals surface area contributed by atoms with Crippen LogP contribution in [0.15, 0.2) is 126 Å². The van der Waals surface area contributed by atoms with E-state index in [0.717, 1.165) is 266 Å². The first kappa shape index (κ1) is 85.4. The van der Waals surface area contributed by atoms with Crippen molar-refractivity contribution in [1.82, 2.24) is 19.3 Å². The monoisotopic (exact) mass is 1740 g/mol. The first-order valence-electron chi connectivity index (χ1n) is 47.7. The van der Waals surface area contributed by atoms with Crippen molar-refractivity contribution < 1.29 is 28.8 Å². The minimum Gasteiger partial charge on any atom is -0.305 e. The second kappa shape index (κ2) is 34.5. The molecule has 11 nitrogen and oxygen atoms in total. The molecule has 0 spiro atoms. The summed E-state index contributed by atoms with van der Waals surface area (Å²) in [5, 5.41) is 17.9. The van der Waals surface area contributed by atoms with Crippen molar-refractivity contribution in [3.63, 3.8) is 0 Å². The number of pyridine rings is 1. The number of hydrogen-bond donors (Lipinski definition) is 0. The van der Waals surface area contributed by atoms with Crippen LogP contribution in [0.5, 0.6) is 0 Å². The lowest BCUT2D eigenvalue weighted by Crippen LogP contribution is -2.47. The van der Waals surface area contributed by atoms with Gasteiger partial charge in [0.15, 0.2) is 0 Å². The predicted octanol–water partition coefficient (Wildman–Crippen LogP) is 30.8. The zero-order valence-corrected chi connectivity index (χ0v) is 78.6. The maximum Gasteiger partial charge on any atom is 0.262 e. The van der Waals surface area contributed by atoms with Gasteiger partial charge in [-0.25, -0.2) is 0 Å². The molecular formula is C111H116N4O7S4. The van der Waals surface area contributed by atoms with Crippen LogP contribution >= 0.6 is 45.3 Å². The molecule has 0 aliphatic carbocycles. The van der Waals surface area contributed by atoms with E-state index in [0.29, 0.717) is 97.8 Å². The van der Waals surface area contributed by atoms with Crippen LogP contribution in [0.25, 0.3) is 165 Å². The smallest absolute Gasteiger partial charge is 0.262 e. The van der Waals surface area contributed by atoms with Crippen LogP contribution in [0.4, 0.5) is 0 Å². The first-order valence-corrected chi connectivity index (χ1v) is 51.0. The lowest BCUT2D eigenvalue weighted by molar-refractivity contribution is 0.0505. The van der Waals surface area contributed by atoms with Crippen LogP contribution in [-0.2, 0) is 12.8 Å². The van der Waals surface area contributed by atoms with Crippen molar-refractivity contribution in [3.05, 3.63) is 180 Å². The largest absolute Gasteiger partial charge is 0.305 e. The zero-order valence-electron chi connectivity index (χ0n) is 75.4. The van der Waals surface area contributed by atoms with E-state index in [1.54, 1.807) is 37.4 Å². The van der Waals surface area contributed by atoms with Gasteiger partial charge in [-0.15, -0.1) is 45.3 Å². The topological polar surface area (TPSA) is 134 Å². The van der Waals surface area contributed by atoms with E-state index < -0.39 is 0 Å². The van der Waals surface area contributed by atoms with Gasteiger partial charge in [0.2, 0.25) is 0 Å². The molecule has 0 fully saturated rings. The number of nitrogens with zero attached hydrogens (tertiary/aromatic N) is 4. The summed E-state index contributed by atoms with van der Waals surface area (Å²) in [6.45, 7) is 31.3. The number of imide groups is 3. The predicted molar refractivity (Wildman–Crippen MR) is 535 cm³/mol. The van der Waals surface area contributed by atoms with Gasteiger partial charge in [0.1, 0.15) is 0 Å². The second-order valence-electron chi connectivity index (χ2n) is 36.9. The summed E-state index contributed by atoms with van der Waals surface area (Å²) in [5.41, 5.74) is 6.77. The second-order valence-corrected chi connectivity index (χ2v) is 41.3. The molecule has 3 aliphatic heterocycles. The van der Waals surface area contributed by atoms with Gasteiger partial charge in [0.25, 0.3) is 41.0 Å². The van der Waals surface area contributed by atoms with Crippen molar-refractivity contribution in [2.45, 2.75) is 274 Å². The third-order valence-electron chi connectivity index (χ3n) is 29.1. The van der Waals surface area contributed by atoms with Crippen molar-refractivity contribution >= 4 is 204 Å². The number of benzene rings is 11. The highest BCUT2D eigenvalue weighted by atomic mass is 32.1. The molecule has 15 heteroatoms. The summed E-state index contributed by atoms with van der Waals surface area (Å²) in [7, 11) is 0. The van der Waals surface area contributed by atoms with Gasteiger partial charge in [-0.3, -0.25) is 48.3 Å². The molecule has 0 N–H and O–H groups in total. The summed E-state index contributed by atoms with van der Waals surface area (Å²) in [6.07, 6.45) is 23.5. The highest BCUT2D eigenvalue weighted by molar-refractivity contribution is 7.26. The van der Waals surface area contributed by atoms with E-state index in [1.807, 2.05) is 63.6 Å². The Morgan fingerprint density at radius 2 is 0.603 bits per heavy atom. The summed E-state index contributed by atoms with van der Waals surface area (Å²) < 4.78 is 4.20. The number of fused-ring (bicyclic) bond motifs is 6.